The Morgan fingerprint density at radius 1 is 0.307 bits per heavy atom. The highest BCUT2D eigenvalue weighted by atomic mass is 16.8. The van der Waals surface area contributed by atoms with Crippen molar-refractivity contribution >= 4 is 0 Å². The van der Waals surface area contributed by atoms with Crippen LogP contribution in [0.5, 0.6) is 0 Å². The van der Waals surface area contributed by atoms with Gasteiger partial charge in [0.15, 0.2) is 62.9 Å². The number of hydrogen-bond donors (Lipinski definition) is 24. The maximum atomic E-state index is 11.6. The van der Waals surface area contributed by atoms with Crippen LogP contribution in [0.15, 0.2) is 0 Å². The molecule has 0 amide bonds. The van der Waals surface area contributed by atoms with Crippen molar-refractivity contribution in [3.05, 3.63) is 0 Å². The summed E-state index contributed by atoms with van der Waals surface area (Å²) in [6.45, 7) is -7.30. The minimum atomic E-state index is -2.65. The lowest BCUT2D eigenvalue weighted by Crippen LogP contribution is -2.65. The Balaban J connectivity index is 1.55. The van der Waals surface area contributed by atoms with Crippen LogP contribution >= 0.6 is 0 Å². The van der Waals surface area contributed by atoms with Crippen LogP contribution in [0.1, 0.15) is 13.8 Å². The Morgan fingerprint density at radius 3 is 0.795 bits per heavy atom. The minimum absolute atomic E-state index is 0.971. The van der Waals surface area contributed by atoms with Crippen LogP contribution < -0.4 is 0 Å². The normalized spacial score (nSPS) is 46.6. The van der Waals surface area contributed by atoms with E-state index in [1.807, 2.05) is 0 Å². The Morgan fingerprint density at radius 2 is 0.568 bits per heavy atom. The van der Waals surface area contributed by atoms with Crippen molar-refractivity contribution in [3.8, 4) is 0 Å². The SMILES string of the molecule is COC(CO)C1OC2OC(CO)C(OC(O)C(O)C(C(CO)OC)OC3OC(CO)C(OC(C(O)C(C)O)OC(CO)OC4OC(CO)C(OC(C(O)C(C)O)OC(CO)OC5OC(CO)C(OC(O)C1O)C(O)C5O)C(O)C4O)C(O)C3O)C(O)C2O. The van der Waals surface area contributed by atoms with Gasteiger partial charge in [-0.25, -0.2) is 0 Å². The Bertz CT molecular complexity index is 1930. The lowest BCUT2D eigenvalue weighted by Gasteiger charge is -2.46. The van der Waals surface area contributed by atoms with Gasteiger partial charge in [-0.1, -0.05) is 0 Å². The highest BCUT2D eigenvalue weighted by Gasteiger charge is 2.55. The zero-order valence-electron chi connectivity index (χ0n) is 47.7. The Kier molecular flexibility index (Phi) is 31.3. The Labute approximate surface area is 500 Å². The average Bonchev–Trinajstić information content (AvgIpc) is 1.92. The standard InChI is InChI=1S/C48H88O40/c1-13(57)23(59)43-79-21(11-55)81-45-29(65)25(61)37(17(7-51)75-45)83-41(71)33(69)35(15(5-49)73-3)85-47-31(67)26(62)38(18(8-52)77-47)84-42(72)34(70)36(16(6-50)74-4)86-48-32(68)28(64)40(20(10-54)78-48)88-44(24(60)14(2)58)80-22(12-56)82-46-30(66)27(63)39(87-43)19(9-53)76-46/h13-72H,5-12H2,1-4H3. The molecule has 11 fully saturated rings. The van der Waals surface area contributed by atoms with Crippen molar-refractivity contribution in [2.45, 2.75) is 235 Å². The van der Waals surface area contributed by atoms with Crippen molar-refractivity contribution in [3.63, 3.8) is 0 Å². The number of ether oxygens (including phenoxy) is 16. The second kappa shape index (κ2) is 35.8. The van der Waals surface area contributed by atoms with E-state index in [0.29, 0.717) is 0 Å². The lowest BCUT2D eigenvalue weighted by atomic mass is 9.97. The second-order valence-electron chi connectivity index (χ2n) is 21.1. The number of methoxy groups -OCH3 is 2. The molecule has 24 N–H and O–H groups in total. The van der Waals surface area contributed by atoms with Crippen LogP contribution in [-0.2, 0) is 75.8 Å². The fourth-order valence-corrected chi connectivity index (χ4v) is 9.84. The first-order valence-corrected chi connectivity index (χ1v) is 27.6. The Hall–Kier alpha value is -1.60. The summed E-state index contributed by atoms with van der Waals surface area (Å²) in [5, 5.41) is 263. The zero-order valence-corrected chi connectivity index (χ0v) is 47.7. The number of hydrogen-bond acceptors (Lipinski definition) is 40. The topological polar surface area (TPSA) is 633 Å². The molecule has 0 aromatic heterocycles. The maximum absolute atomic E-state index is 11.6. The summed E-state index contributed by atoms with van der Waals surface area (Å²) in [5.41, 5.74) is 0. The molecule has 0 radical (unpaired) electrons. The van der Waals surface area contributed by atoms with E-state index in [1.54, 1.807) is 0 Å². The van der Waals surface area contributed by atoms with Crippen LogP contribution in [0.25, 0.3) is 0 Å². The van der Waals surface area contributed by atoms with E-state index in [0.717, 1.165) is 28.1 Å². The van der Waals surface area contributed by atoms with Gasteiger partial charge in [-0.3, -0.25) is 0 Å². The third-order valence-electron chi connectivity index (χ3n) is 15.0. The van der Waals surface area contributed by atoms with Crippen molar-refractivity contribution in [2.75, 3.05) is 67.1 Å². The quantitative estimate of drug-likeness (QED) is 0.0682. The van der Waals surface area contributed by atoms with Gasteiger partial charge in [-0.05, 0) is 13.8 Å². The van der Waals surface area contributed by atoms with E-state index in [1.165, 1.54) is 0 Å². The smallest absolute Gasteiger partial charge is 0.189 e. The van der Waals surface area contributed by atoms with Gasteiger partial charge in [0.2, 0.25) is 0 Å². The van der Waals surface area contributed by atoms with Crippen LogP contribution in [-0.4, -0.2) is 411 Å². The predicted molar refractivity (Wildman–Crippen MR) is 269 cm³/mol. The van der Waals surface area contributed by atoms with Gasteiger partial charge in [0.25, 0.3) is 0 Å². The molecule has 88 heavy (non-hydrogen) atoms. The summed E-state index contributed by atoms with van der Waals surface area (Å²) >= 11 is 0. The third kappa shape index (κ3) is 18.4. The van der Waals surface area contributed by atoms with Crippen molar-refractivity contribution in [1.82, 2.24) is 0 Å². The average molecular weight is 1310 g/mol. The molecular weight excluding hydrogens is 1220 g/mol. The molecule has 0 aromatic carbocycles. The molecule has 36 atom stereocenters. The van der Waals surface area contributed by atoms with E-state index < -0.39 is 274 Å². The van der Waals surface area contributed by atoms with Gasteiger partial charge >= 0.3 is 0 Å². The molecular formula is C48H88O40. The van der Waals surface area contributed by atoms with Crippen LogP contribution in [0.3, 0.4) is 0 Å². The van der Waals surface area contributed by atoms with Crippen molar-refractivity contribution in [1.29, 1.82) is 0 Å². The number of rotatable bonds is 16. The molecule has 40 nitrogen and oxygen atoms in total. The second-order valence-corrected chi connectivity index (χ2v) is 21.1. The molecule has 8 bridgehead atoms. The zero-order chi connectivity index (χ0) is 65.8. The monoisotopic (exact) mass is 1300 g/mol. The first-order valence-electron chi connectivity index (χ1n) is 27.6. The lowest BCUT2D eigenvalue weighted by molar-refractivity contribution is -0.401. The molecule has 11 rings (SSSR count). The molecule has 0 saturated carbocycles. The van der Waals surface area contributed by atoms with Gasteiger partial charge in [0, 0.05) is 14.2 Å². The van der Waals surface area contributed by atoms with Crippen LogP contribution in [0, 0.1) is 0 Å². The fraction of sp³-hybridized carbons (Fsp3) is 1.00. The molecule has 11 aliphatic rings. The summed E-state index contributed by atoms with van der Waals surface area (Å²) in [5.74, 6) is 0. The molecule has 11 saturated heterocycles. The van der Waals surface area contributed by atoms with E-state index in [2.05, 4.69) is 0 Å². The predicted octanol–water partition coefficient (Wildman–Crippen LogP) is -15.7. The summed E-state index contributed by atoms with van der Waals surface area (Å²) in [6.07, 6.45) is -78.3. The van der Waals surface area contributed by atoms with Gasteiger partial charge in [0.1, 0.15) is 146 Å². The molecule has 0 aromatic rings. The fourth-order valence-electron chi connectivity index (χ4n) is 9.84. The largest absolute Gasteiger partial charge is 0.394 e. The maximum Gasteiger partial charge on any atom is 0.189 e. The van der Waals surface area contributed by atoms with Gasteiger partial charge in [0.05, 0.1) is 65.1 Å². The van der Waals surface area contributed by atoms with Crippen molar-refractivity contribution in [2.24, 2.45) is 0 Å². The van der Waals surface area contributed by atoms with E-state index in [-0.39, 0.29) is 0 Å². The van der Waals surface area contributed by atoms with Gasteiger partial charge < -0.3 is 198 Å². The van der Waals surface area contributed by atoms with Gasteiger partial charge in [-0.15, -0.1) is 0 Å². The first kappa shape index (κ1) is 77.1. The molecule has 11 heterocycles. The van der Waals surface area contributed by atoms with Gasteiger partial charge in [-0.2, -0.15) is 0 Å². The first-order chi connectivity index (χ1) is 41.6. The summed E-state index contributed by atoms with van der Waals surface area (Å²) in [4.78, 5) is 0. The van der Waals surface area contributed by atoms with E-state index in [9.17, 15) is 123 Å². The molecule has 11 aliphatic heterocycles. The van der Waals surface area contributed by atoms with Crippen LogP contribution in [0.4, 0.5) is 0 Å². The summed E-state index contributed by atoms with van der Waals surface area (Å²) < 4.78 is 88.9. The van der Waals surface area contributed by atoms with E-state index >= 15 is 0 Å². The highest BCUT2D eigenvalue weighted by molar-refractivity contribution is 4.97. The molecule has 0 aliphatic carbocycles. The number of aliphatic hydroxyl groups is 24. The van der Waals surface area contributed by atoms with E-state index in [4.69, 9.17) is 75.8 Å². The summed E-state index contributed by atoms with van der Waals surface area (Å²) in [6, 6.07) is 0. The molecule has 40 heteroatoms. The highest BCUT2D eigenvalue weighted by Crippen LogP contribution is 2.35. The molecule has 520 valence electrons. The summed E-state index contributed by atoms with van der Waals surface area (Å²) in [7, 11) is 1.94. The minimum Gasteiger partial charge on any atom is -0.394 e. The number of aliphatic hydroxyl groups excluding tert-OH is 24. The van der Waals surface area contributed by atoms with Crippen LogP contribution in [0.2, 0.25) is 0 Å². The molecule has 0 spiro atoms. The third-order valence-corrected chi connectivity index (χ3v) is 15.0. The molecule has 36 unspecified atom stereocenters. The van der Waals surface area contributed by atoms with Crippen molar-refractivity contribution < 1.29 is 198 Å².